The highest BCUT2D eigenvalue weighted by Crippen LogP contribution is 2.26. The Balaban J connectivity index is 0.000000300. The van der Waals surface area contributed by atoms with Crippen LogP contribution in [0.5, 0.6) is 11.5 Å². The molecule has 0 fully saturated rings. The van der Waals surface area contributed by atoms with Gasteiger partial charge in [0.25, 0.3) is 0 Å². The molecule has 0 amide bonds. The van der Waals surface area contributed by atoms with Gasteiger partial charge in [-0.1, -0.05) is 91.0 Å². The lowest BCUT2D eigenvalue weighted by Gasteiger charge is -2.14. The number of hydrogen-bond donors (Lipinski definition) is 2. The standard InChI is InChI=1S/2C14H22O/c1-10(2)8-12-6-5-7-14(15)13(12)9-11(3)4;1-2-3-4-5-6-7-8-13-9-11-14(15)12-10-13/h5-7,10-11,15H,8-9H2,1-4H3;9-12,15H,2-8H2,1H3. The summed E-state index contributed by atoms with van der Waals surface area (Å²) in [6.07, 6.45) is 11.2. The van der Waals surface area contributed by atoms with Crippen LogP contribution in [0.25, 0.3) is 0 Å². The van der Waals surface area contributed by atoms with Crippen molar-refractivity contribution >= 4 is 0 Å². The van der Waals surface area contributed by atoms with E-state index in [1.54, 1.807) is 18.2 Å². The van der Waals surface area contributed by atoms with E-state index in [0.717, 1.165) is 24.8 Å². The van der Waals surface area contributed by atoms with Gasteiger partial charge in [0, 0.05) is 0 Å². The van der Waals surface area contributed by atoms with Crippen molar-refractivity contribution < 1.29 is 10.2 Å². The Hall–Kier alpha value is -1.96. The van der Waals surface area contributed by atoms with Crippen LogP contribution in [0.4, 0.5) is 0 Å². The maximum absolute atomic E-state index is 9.85. The first-order valence-electron chi connectivity index (χ1n) is 11.9. The van der Waals surface area contributed by atoms with Crippen LogP contribution < -0.4 is 0 Å². The van der Waals surface area contributed by atoms with Gasteiger partial charge in [-0.15, -0.1) is 0 Å². The Morgan fingerprint density at radius 3 is 1.90 bits per heavy atom. The Bertz CT molecular complexity index is 686. The van der Waals surface area contributed by atoms with E-state index >= 15 is 0 Å². The lowest BCUT2D eigenvalue weighted by Crippen LogP contribution is -2.03. The van der Waals surface area contributed by atoms with E-state index in [2.05, 4.69) is 40.7 Å². The Labute approximate surface area is 185 Å². The van der Waals surface area contributed by atoms with E-state index in [4.69, 9.17) is 5.11 Å². The normalized spacial score (nSPS) is 10.9. The van der Waals surface area contributed by atoms with Gasteiger partial charge in [0.05, 0.1) is 0 Å². The zero-order valence-corrected chi connectivity index (χ0v) is 20.0. The molecule has 2 aromatic carbocycles. The average Bonchev–Trinajstić information content (AvgIpc) is 2.69. The number of unbranched alkanes of at least 4 members (excludes halogenated alkanes) is 5. The molecule has 0 saturated heterocycles. The first kappa shape index (κ1) is 26.1. The van der Waals surface area contributed by atoms with E-state index in [1.165, 1.54) is 49.7 Å². The van der Waals surface area contributed by atoms with Crippen molar-refractivity contribution in [2.24, 2.45) is 11.8 Å². The van der Waals surface area contributed by atoms with Crippen molar-refractivity contribution in [3.63, 3.8) is 0 Å². The van der Waals surface area contributed by atoms with Gasteiger partial charge in [0.2, 0.25) is 0 Å². The molecule has 2 N–H and O–H groups in total. The number of phenols is 2. The molecular weight excluding hydrogens is 368 g/mol. The van der Waals surface area contributed by atoms with Crippen molar-refractivity contribution in [1.82, 2.24) is 0 Å². The fourth-order valence-corrected chi connectivity index (χ4v) is 3.67. The molecule has 0 aliphatic heterocycles. The second kappa shape index (κ2) is 14.9. The van der Waals surface area contributed by atoms with E-state index in [1.807, 2.05) is 18.2 Å². The van der Waals surface area contributed by atoms with Crippen LogP contribution in [-0.2, 0) is 19.3 Å². The summed E-state index contributed by atoms with van der Waals surface area (Å²) in [4.78, 5) is 0. The molecule has 2 rings (SSSR count). The number of aromatic hydroxyl groups is 2. The molecule has 0 atom stereocenters. The molecule has 0 bridgehead atoms. The van der Waals surface area contributed by atoms with Crippen molar-refractivity contribution in [1.29, 1.82) is 0 Å². The van der Waals surface area contributed by atoms with Gasteiger partial charge >= 0.3 is 0 Å². The predicted octanol–water partition coefficient (Wildman–Crippen LogP) is 8.08. The molecule has 0 saturated carbocycles. The molecular formula is C28H44O2. The molecule has 0 unspecified atom stereocenters. The summed E-state index contributed by atoms with van der Waals surface area (Å²) in [7, 11) is 0. The molecule has 0 radical (unpaired) electrons. The lowest BCUT2D eigenvalue weighted by atomic mass is 9.92. The molecule has 0 spiro atoms. The summed E-state index contributed by atoms with van der Waals surface area (Å²) in [5.41, 5.74) is 3.78. The molecule has 168 valence electrons. The van der Waals surface area contributed by atoms with Crippen LogP contribution in [0.1, 0.15) is 89.8 Å². The van der Waals surface area contributed by atoms with Crippen molar-refractivity contribution in [2.75, 3.05) is 0 Å². The first-order chi connectivity index (χ1) is 14.3. The van der Waals surface area contributed by atoms with E-state index in [9.17, 15) is 5.11 Å². The van der Waals surface area contributed by atoms with Crippen LogP contribution in [0.3, 0.4) is 0 Å². The van der Waals surface area contributed by atoms with Gasteiger partial charge in [-0.2, -0.15) is 0 Å². The van der Waals surface area contributed by atoms with Crippen LogP contribution in [0.15, 0.2) is 42.5 Å². The summed E-state index contributed by atoms with van der Waals surface area (Å²) in [5.74, 6) is 2.05. The van der Waals surface area contributed by atoms with Crippen LogP contribution in [0.2, 0.25) is 0 Å². The van der Waals surface area contributed by atoms with Crippen molar-refractivity contribution in [3.05, 3.63) is 59.2 Å². The Kier molecular flexibility index (Phi) is 13.0. The highest BCUT2D eigenvalue weighted by molar-refractivity contribution is 5.39. The van der Waals surface area contributed by atoms with Crippen LogP contribution >= 0.6 is 0 Å². The summed E-state index contributed by atoms with van der Waals surface area (Å²) in [6.45, 7) is 11.0. The molecule has 0 aromatic heterocycles. The number of aryl methyl sites for hydroxylation is 1. The molecule has 2 heteroatoms. The van der Waals surface area contributed by atoms with E-state index in [-0.39, 0.29) is 0 Å². The summed E-state index contributed by atoms with van der Waals surface area (Å²) in [5, 5.41) is 19.0. The molecule has 0 aliphatic rings. The number of hydrogen-bond acceptors (Lipinski definition) is 2. The minimum atomic E-state index is 0.363. The quantitative estimate of drug-likeness (QED) is 0.366. The minimum absolute atomic E-state index is 0.363. The zero-order chi connectivity index (χ0) is 22.4. The lowest BCUT2D eigenvalue weighted by molar-refractivity contribution is 0.459. The maximum Gasteiger partial charge on any atom is 0.119 e. The summed E-state index contributed by atoms with van der Waals surface area (Å²) >= 11 is 0. The number of rotatable bonds is 11. The number of phenolic OH excluding ortho intramolecular Hbond substituents is 2. The number of benzene rings is 2. The van der Waals surface area contributed by atoms with Gasteiger partial charge in [-0.3, -0.25) is 0 Å². The summed E-state index contributed by atoms with van der Waals surface area (Å²) in [6, 6.07) is 13.4. The first-order valence-corrected chi connectivity index (χ1v) is 11.9. The second-order valence-electron chi connectivity index (χ2n) is 9.29. The molecule has 30 heavy (non-hydrogen) atoms. The molecule has 2 aromatic rings. The second-order valence-corrected chi connectivity index (χ2v) is 9.29. The van der Waals surface area contributed by atoms with E-state index < -0.39 is 0 Å². The third-order valence-corrected chi connectivity index (χ3v) is 5.24. The minimum Gasteiger partial charge on any atom is -0.508 e. The Morgan fingerprint density at radius 1 is 0.700 bits per heavy atom. The summed E-state index contributed by atoms with van der Waals surface area (Å²) < 4.78 is 0. The van der Waals surface area contributed by atoms with Crippen LogP contribution in [0, 0.1) is 11.8 Å². The van der Waals surface area contributed by atoms with Gasteiger partial charge < -0.3 is 10.2 Å². The van der Waals surface area contributed by atoms with Gasteiger partial charge in [-0.05, 0) is 72.4 Å². The fraction of sp³-hybridized carbons (Fsp3) is 0.571. The van der Waals surface area contributed by atoms with Crippen molar-refractivity contribution in [3.8, 4) is 11.5 Å². The average molecular weight is 413 g/mol. The van der Waals surface area contributed by atoms with Gasteiger partial charge in [0.1, 0.15) is 11.5 Å². The SMILES string of the molecule is CC(C)Cc1cccc(O)c1CC(C)C.CCCCCCCCc1ccc(O)cc1. The smallest absolute Gasteiger partial charge is 0.119 e. The third kappa shape index (κ3) is 11.3. The predicted molar refractivity (Wildman–Crippen MR) is 130 cm³/mol. The molecule has 0 heterocycles. The zero-order valence-electron chi connectivity index (χ0n) is 20.0. The topological polar surface area (TPSA) is 40.5 Å². The molecule has 2 nitrogen and oxygen atoms in total. The largest absolute Gasteiger partial charge is 0.508 e. The Morgan fingerprint density at radius 2 is 1.30 bits per heavy atom. The van der Waals surface area contributed by atoms with Gasteiger partial charge in [-0.25, -0.2) is 0 Å². The van der Waals surface area contributed by atoms with Crippen molar-refractivity contribution in [2.45, 2.75) is 92.4 Å². The fourth-order valence-electron chi connectivity index (χ4n) is 3.67. The third-order valence-electron chi connectivity index (χ3n) is 5.24. The highest BCUT2D eigenvalue weighted by Gasteiger charge is 2.10. The van der Waals surface area contributed by atoms with Gasteiger partial charge in [0.15, 0.2) is 0 Å². The molecule has 0 aliphatic carbocycles. The maximum atomic E-state index is 9.85. The highest BCUT2D eigenvalue weighted by atomic mass is 16.3. The monoisotopic (exact) mass is 412 g/mol. The van der Waals surface area contributed by atoms with Crippen LogP contribution in [-0.4, -0.2) is 10.2 Å². The van der Waals surface area contributed by atoms with E-state index in [0.29, 0.717) is 23.3 Å².